The van der Waals surface area contributed by atoms with Crippen molar-refractivity contribution in [1.82, 2.24) is 0 Å². The standard InChI is InChI=1S/C29H26N2O2/c1-20-8-14-23(15-9-20)28(30-24-16-10-21(2)11-17-24)31(25-18-12-22(3)13-19-25)29(33)26-6-4-5-7-27(26)32/h4-19,32H,1-3H3. The molecule has 33 heavy (non-hydrogen) atoms. The first kappa shape index (κ1) is 22.0. The minimum atomic E-state index is -0.358. The Morgan fingerprint density at radius 3 is 1.79 bits per heavy atom. The fourth-order valence-corrected chi connectivity index (χ4v) is 3.49. The lowest BCUT2D eigenvalue weighted by Crippen LogP contribution is -2.37. The van der Waals surface area contributed by atoms with Gasteiger partial charge in [0.1, 0.15) is 11.6 Å². The highest BCUT2D eigenvalue weighted by Crippen LogP contribution is 2.27. The van der Waals surface area contributed by atoms with E-state index in [2.05, 4.69) is 0 Å². The summed E-state index contributed by atoms with van der Waals surface area (Å²) >= 11 is 0. The lowest BCUT2D eigenvalue weighted by molar-refractivity contribution is 0.1000. The lowest BCUT2D eigenvalue weighted by Gasteiger charge is -2.25. The van der Waals surface area contributed by atoms with Gasteiger partial charge in [0.25, 0.3) is 5.91 Å². The van der Waals surface area contributed by atoms with Gasteiger partial charge in [-0.25, -0.2) is 4.99 Å². The molecule has 0 heterocycles. The molecular weight excluding hydrogens is 408 g/mol. The minimum absolute atomic E-state index is 0.0711. The van der Waals surface area contributed by atoms with E-state index in [1.165, 1.54) is 6.07 Å². The predicted molar refractivity (Wildman–Crippen MR) is 135 cm³/mol. The number of rotatable bonds is 4. The van der Waals surface area contributed by atoms with Gasteiger partial charge < -0.3 is 5.11 Å². The van der Waals surface area contributed by atoms with Crippen molar-refractivity contribution in [2.24, 2.45) is 4.99 Å². The van der Waals surface area contributed by atoms with Crippen LogP contribution in [0, 0.1) is 20.8 Å². The molecule has 1 N–H and O–H groups in total. The summed E-state index contributed by atoms with van der Waals surface area (Å²) in [5.74, 6) is 0.0533. The summed E-state index contributed by atoms with van der Waals surface area (Å²) in [7, 11) is 0. The Kier molecular flexibility index (Phi) is 6.36. The number of benzene rings is 4. The number of amidine groups is 1. The van der Waals surface area contributed by atoms with Crippen LogP contribution in [0.3, 0.4) is 0 Å². The third kappa shape index (κ3) is 5.01. The van der Waals surface area contributed by atoms with Crippen LogP contribution in [0.2, 0.25) is 0 Å². The monoisotopic (exact) mass is 434 g/mol. The van der Waals surface area contributed by atoms with E-state index in [9.17, 15) is 9.90 Å². The first-order chi connectivity index (χ1) is 15.9. The first-order valence-electron chi connectivity index (χ1n) is 10.8. The number of aromatic hydroxyl groups is 1. The molecule has 4 nitrogen and oxygen atoms in total. The maximum Gasteiger partial charge on any atom is 0.267 e. The molecule has 4 aromatic rings. The Bertz CT molecular complexity index is 1290. The fourth-order valence-electron chi connectivity index (χ4n) is 3.49. The molecule has 4 rings (SSSR count). The van der Waals surface area contributed by atoms with Gasteiger partial charge in [0.15, 0.2) is 0 Å². The largest absolute Gasteiger partial charge is 0.507 e. The number of hydrogen-bond donors (Lipinski definition) is 1. The van der Waals surface area contributed by atoms with E-state index in [0.717, 1.165) is 27.9 Å². The van der Waals surface area contributed by atoms with Crippen LogP contribution in [0.1, 0.15) is 32.6 Å². The molecule has 0 atom stereocenters. The number of anilines is 1. The normalized spacial score (nSPS) is 11.3. The van der Waals surface area contributed by atoms with Crippen molar-refractivity contribution in [1.29, 1.82) is 0 Å². The van der Waals surface area contributed by atoms with Crippen LogP contribution in [0.15, 0.2) is 102 Å². The smallest absolute Gasteiger partial charge is 0.267 e. The number of carbonyl (C=O) groups excluding carboxylic acids is 1. The fraction of sp³-hybridized carbons (Fsp3) is 0.103. The van der Waals surface area contributed by atoms with Crippen LogP contribution in [-0.2, 0) is 0 Å². The van der Waals surface area contributed by atoms with Crippen LogP contribution >= 0.6 is 0 Å². The van der Waals surface area contributed by atoms with Crippen LogP contribution < -0.4 is 4.90 Å². The number of phenolic OH excluding ortho intramolecular Hbond substituents is 1. The Labute approximate surface area is 194 Å². The van der Waals surface area contributed by atoms with Crippen molar-refractivity contribution in [2.75, 3.05) is 4.90 Å². The van der Waals surface area contributed by atoms with Gasteiger partial charge >= 0.3 is 0 Å². The summed E-state index contributed by atoms with van der Waals surface area (Å²) in [6, 6.07) is 30.0. The summed E-state index contributed by atoms with van der Waals surface area (Å²) < 4.78 is 0. The molecule has 0 spiro atoms. The Morgan fingerprint density at radius 2 is 1.21 bits per heavy atom. The predicted octanol–water partition coefficient (Wildman–Crippen LogP) is 6.74. The summed E-state index contributed by atoms with van der Waals surface area (Å²) in [5.41, 5.74) is 5.74. The molecule has 0 radical (unpaired) electrons. The van der Waals surface area contributed by atoms with E-state index in [0.29, 0.717) is 11.5 Å². The van der Waals surface area contributed by atoms with Crippen molar-refractivity contribution < 1.29 is 9.90 Å². The van der Waals surface area contributed by atoms with Gasteiger partial charge in [0.05, 0.1) is 16.9 Å². The number of aliphatic imine (C=N–C) groups is 1. The molecule has 164 valence electrons. The van der Waals surface area contributed by atoms with Crippen molar-refractivity contribution in [2.45, 2.75) is 20.8 Å². The molecule has 0 aromatic heterocycles. The second kappa shape index (κ2) is 9.53. The van der Waals surface area contributed by atoms with Gasteiger partial charge in [-0.15, -0.1) is 0 Å². The topological polar surface area (TPSA) is 52.9 Å². The van der Waals surface area contributed by atoms with Crippen molar-refractivity contribution >= 4 is 23.1 Å². The molecule has 0 saturated carbocycles. The quantitative estimate of drug-likeness (QED) is 0.285. The summed E-state index contributed by atoms with van der Waals surface area (Å²) in [4.78, 5) is 20.3. The van der Waals surface area contributed by atoms with Gasteiger partial charge in [-0.2, -0.15) is 0 Å². The Balaban J connectivity index is 1.95. The SMILES string of the molecule is Cc1ccc(N=C(c2ccc(C)cc2)N(C(=O)c2ccccc2O)c2ccc(C)cc2)cc1. The molecule has 0 saturated heterocycles. The number of phenols is 1. The number of hydrogen-bond acceptors (Lipinski definition) is 3. The van der Waals surface area contributed by atoms with E-state index in [1.807, 2.05) is 93.6 Å². The van der Waals surface area contributed by atoms with Crippen LogP contribution in [-0.4, -0.2) is 16.8 Å². The molecule has 4 heteroatoms. The van der Waals surface area contributed by atoms with Crippen LogP contribution in [0.5, 0.6) is 5.75 Å². The highest BCUT2D eigenvalue weighted by Gasteiger charge is 2.26. The minimum Gasteiger partial charge on any atom is -0.507 e. The number of nitrogens with zero attached hydrogens (tertiary/aromatic N) is 2. The molecule has 0 bridgehead atoms. The second-order valence-corrected chi connectivity index (χ2v) is 8.13. The third-order valence-electron chi connectivity index (χ3n) is 5.42. The van der Waals surface area contributed by atoms with E-state index in [-0.39, 0.29) is 17.2 Å². The maximum absolute atomic E-state index is 13.9. The second-order valence-electron chi connectivity index (χ2n) is 8.13. The van der Waals surface area contributed by atoms with E-state index in [1.54, 1.807) is 23.1 Å². The highest BCUT2D eigenvalue weighted by atomic mass is 16.3. The zero-order chi connectivity index (χ0) is 23.4. The highest BCUT2D eigenvalue weighted by molar-refractivity contribution is 6.28. The molecule has 0 aliphatic rings. The van der Waals surface area contributed by atoms with E-state index in [4.69, 9.17) is 4.99 Å². The summed E-state index contributed by atoms with van der Waals surface area (Å²) in [6.07, 6.45) is 0. The van der Waals surface area contributed by atoms with Gasteiger partial charge in [-0.3, -0.25) is 9.69 Å². The van der Waals surface area contributed by atoms with Crippen molar-refractivity contribution in [3.05, 3.63) is 125 Å². The molecule has 0 aliphatic carbocycles. The van der Waals surface area contributed by atoms with Gasteiger partial charge in [-0.1, -0.05) is 77.4 Å². The zero-order valence-corrected chi connectivity index (χ0v) is 19.0. The average molecular weight is 435 g/mol. The number of carbonyl (C=O) groups is 1. The summed E-state index contributed by atoms with van der Waals surface area (Å²) in [6.45, 7) is 6.04. The average Bonchev–Trinajstić information content (AvgIpc) is 2.82. The number of para-hydroxylation sites is 1. The first-order valence-corrected chi connectivity index (χ1v) is 10.8. The molecule has 4 aromatic carbocycles. The Morgan fingerprint density at radius 1 is 0.697 bits per heavy atom. The summed E-state index contributed by atoms with van der Waals surface area (Å²) in [5, 5.41) is 10.4. The van der Waals surface area contributed by atoms with Crippen LogP contribution in [0.4, 0.5) is 11.4 Å². The molecule has 0 unspecified atom stereocenters. The maximum atomic E-state index is 13.9. The Hall–Kier alpha value is -4.18. The third-order valence-corrected chi connectivity index (χ3v) is 5.42. The van der Waals surface area contributed by atoms with Gasteiger partial charge in [0.2, 0.25) is 0 Å². The molecular formula is C29H26N2O2. The van der Waals surface area contributed by atoms with Crippen LogP contribution in [0.25, 0.3) is 0 Å². The molecule has 1 amide bonds. The molecule has 0 aliphatic heterocycles. The number of amides is 1. The van der Waals surface area contributed by atoms with Crippen molar-refractivity contribution in [3.63, 3.8) is 0 Å². The van der Waals surface area contributed by atoms with Gasteiger partial charge in [0, 0.05) is 5.56 Å². The van der Waals surface area contributed by atoms with E-state index >= 15 is 0 Å². The van der Waals surface area contributed by atoms with Gasteiger partial charge in [-0.05, 0) is 57.2 Å². The van der Waals surface area contributed by atoms with Crippen molar-refractivity contribution in [3.8, 4) is 5.75 Å². The van der Waals surface area contributed by atoms with E-state index < -0.39 is 0 Å². The zero-order valence-electron chi connectivity index (χ0n) is 19.0. The number of aryl methyl sites for hydroxylation is 3. The lowest BCUT2D eigenvalue weighted by atomic mass is 10.1. The molecule has 0 fully saturated rings.